The number of amides is 2. The molecule has 1 aliphatic carbocycles. The molecule has 2 aromatic rings. The minimum Gasteiger partial charge on any atom is -0.348 e. The van der Waals surface area contributed by atoms with Crippen molar-refractivity contribution in [1.29, 1.82) is 0 Å². The normalized spacial score (nSPS) is 17.0. The number of carbonyl (C=O) groups excluding carboxylic acids is 2. The molecule has 2 aliphatic rings. The summed E-state index contributed by atoms with van der Waals surface area (Å²) < 4.78 is 41.0. The third-order valence-electron chi connectivity index (χ3n) is 4.70. The van der Waals surface area contributed by atoms with Crippen molar-refractivity contribution < 1.29 is 22.8 Å². The van der Waals surface area contributed by atoms with Gasteiger partial charge in [0.15, 0.2) is 5.69 Å². The molecule has 2 heterocycles. The van der Waals surface area contributed by atoms with Crippen LogP contribution in [0.3, 0.4) is 0 Å². The van der Waals surface area contributed by atoms with E-state index < -0.39 is 17.6 Å². The van der Waals surface area contributed by atoms with Crippen molar-refractivity contribution >= 4 is 11.8 Å². The summed E-state index contributed by atoms with van der Waals surface area (Å²) in [6.07, 6.45) is -2.61. The van der Waals surface area contributed by atoms with E-state index in [9.17, 15) is 22.8 Å². The third-order valence-corrected chi connectivity index (χ3v) is 4.70. The number of alkyl halides is 3. The zero-order chi connectivity index (χ0) is 19.2. The molecule has 1 N–H and O–H groups in total. The first-order valence-corrected chi connectivity index (χ1v) is 8.66. The van der Waals surface area contributed by atoms with E-state index in [-0.39, 0.29) is 42.0 Å². The highest BCUT2D eigenvalue weighted by molar-refractivity contribution is 5.98. The molecule has 1 saturated carbocycles. The summed E-state index contributed by atoms with van der Waals surface area (Å²) in [5.74, 6) is -0.766. The predicted molar refractivity (Wildman–Crippen MR) is 88.9 cm³/mol. The first-order chi connectivity index (χ1) is 12.8. The van der Waals surface area contributed by atoms with Crippen LogP contribution in [-0.2, 0) is 19.3 Å². The number of nitrogens with zero attached hydrogens (tertiary/aromatic N) is 3. The van der Waals surface area contributed by atoms with Gasteiger partial charge in [0.25, 0.3) is 11.8 Å². The van der Waals surface area contributed by atoms with Gasteiger partial charge in [-0.25, -0.2) is 0 Å². The molecule has 1 fully saturated rings. The average molecular weight is 378 g/mol. The largest absolute Gasteiger partial charge is 0.416 e. The van der Waals surface area contributed by atoms with Gasteiger partial charge in [0.05, 0.1) is 12.1 Å². The van der Waals surface area contributed by atoms with Gasteiger partial charge in [0, 0.05) is 25.2 Å². The van der Waals surface area contributed by atoms with Crippen molar-refractivity contribution in [2.45, 2.75) is 38.1 Å². The van der Waals surface area contributed by atoms with Gasteiger partial charge in [-0.1, -0.05) is 18.2 Å². The number of carbonyl (C=O) groups is 2. The van der Waals surface area contributed by atoms with E-state index in [1.54, 1.807) is 0 Å². The SMILES string of the molecule is O=C(NC1CC1)c1cc2n(n1)CCN(Cc1ccccc1C(F)(F)F)C2=O. The lowest BCUT2D eigenvalue weighted by molar-refractivity contribution is -0.138. The Morgan fingerprint density at radius 2 is 1.96 bits per heavy atom. The summed E-state index contributed by atoms with van der Waals surface area (Å²) in [4.78, 5) is 26.2. The number of aromatic nitrogens is 2. The van der Waals surface area contributed by atoms with E-state index in [4.69, 9.17) is 0 Å². The van der Waals surface area contributed by atoms with Crippen molar-refractivity contribution in [3.8, 4) is 0 Å². The lowest BCUT2D eigenvalue weighted by Gasteiger charge is -2.28. The Balaban J connectivity index is 1.54. The van der Waals surface area contributed by atoms with Crippen LogP contribution in [0, 0.1) is 0 Å². The summed E-state index contributed by atoms with van der Waals surface area (Å²) in [6, 6.07) is 6.79. The second kappa shape index (κ2) is 6.40. The van der Waals surface area contributed by atoms with Crippen LogP contribution in [0.5, 0.6) is 0 Å². The number of benzene rings is 1. The predicted octanol–water partition coefficient (Wildman–Crippen LogP) is 2.45. The lowest BCUT2D eigenvalue weighted by Crippen LogP contribution is -2.40. The zero-order valence-electron chi connectivity index (χ0n) is 14.3. The van der Waals surface area contributed by atoms with Gasteiger partial charge >= 0.3 is 6.18 Å². The Bertz CT molecular complexity index is 902. The van der Waals surface area contributed by atoms with E-state index >= 15 is 0 Å². The van der Waals surface area contributed by atoms with Crippen molar-refractivity contribution in [2.75, 3.05) is 6.54 Å². The Kier molecular flexibility index (Phi) is 4.16. The Morgan fingerprint density at radius 1 is 1.22 bits per heavy atom. The highest BCUT2D eigenvalue weighted by Crippen LogP contribution is 2.32. The van der Waals surface area contributed by atoms with Crippen LogP contribution in [0.1, 0.15) is 44.9 Å². The summed E-state index contributed by atoms with van der Waals surface area (Å²) in [7, 11) is 0. The molecule has 0 bridgehead atoms. The van der Waals surface area contributed by atoms with Gasteiger partial charge < -0.3 is 10.2 Å². The highest BCUT2D eigenvalue weighted by atomic mass is 19.4. The molecule has 0 saturated heterocycles. The molecule has 142 valence electrons. The summed E-state index contributed by atoms with van der Waals surface area (Å²) in [5, 5.41) is 6.96. The van der Waals surface area contributed by atoms with Gasteiger partial charge in [0.2, 0.25) is 0 Å². The highest BCUT2D eigenvalue weighted by Gasteiger charge is 2.35. The molecule has 0 spiro atoms. The van der Waals surface area contributed by atoms with Crippen LogP contribution in [-0.4, -0.2) is 39.1 Å². The maximum absolute atomic E-state index is 13.2. The van der Waals surface area contributed by atoms with Crippen LogP contribution in [0.25, 0.3) is 0 Å². The molecule has 9 heteroatoms. The second-order valence-electron chi connectivity index (χ2n) is 6.77. The summed E-state index contributed by atoms with van der Waals surface area (Å²) >= 11 is 0. The molecule has 0 radical (unpaired) electrons. The van der Waals surface area contributed by atoms with Gasteiger partial charge in [-0.2, -0.15) is 18.3 Å². The molecule has 4 rings (SSSR count). The summed E-state index contributed by atoms with van der Waals surface area (Å²) in [6.45, 7) is 0.401. The zero-order valence-corrected chi connectivity index (χ0v) is 14.3. The van der Waals surface area contributed by atoms with Crippen molar-refractivity contribution in [1.82, 2.24) is 20.0 Å². The van der Waals surface area contributed by atoms with E-state index in [1.807, 2.05) is 0 Å². The molecule has 27 heavy (non-hydrogen) atoms. The molecule has 2 amide bonds. The topological polar surface area (TPSA) is 67.2 Å². The average Bonchev–Trinajstić information content (AvgIpc) is 3.31. The first kappa shape index (κ1) is 17.6. The van der Waals surface area contributed by atoms with Gasteiger partial charge in [-0.05, 0) is 24.5 Å². The number of halogens is 3. The number of fused-ring (bicyclic) bond motifs is 1. The molecule has 1 aromatic heterocycles. The first-order valence-electron chi connectivity index (χ1n) is 8.66. The third kappa shape index (κ3) is 3.54. The Morgan fingerprint density at radius 3 is 2.67 bits per heavy atom. The lowest BCUT2D eigenvalue weighted by atomic mass is 10.1. The van der Waals surface area contributed by atoms with Gasteiger partial charge in [0.1, 0.15) is 5.69 Å². The molecule has 0 unspecified atom stereocenters. The summed E-state index contributed by atoms with van der Waals surface area (Å²) in [5.41, 5.74) is -0.339. The molecular formula is C18H17F3N4O2. The standard InChI is InChI=1S/C18H17F3N4O2/c19-18(20,21)13-4-2-1-3-11(13)10-24-7-8-25-15(17(24)27)9-14(23-25)16(26)22-12-5-6-12/h1-4,9,12H,5-8,10H2,(H,22,26). The van der Waals surface area contributed by atoms with Crippen LogP contribution in [0.2, 0.25) is 0 Å². The maximum atomic E-state index is 13.2. The number of rotatable bonds is 4. The Labute approximate surface area is 152 Å². The Hall–Kier alpha value is -2.84. The number of hydrogen-bond donors (Lipinski definition) is 1. The van der Waals surface area contributed by atoms with Crippen molar-refractivity contribution in [3.63, 3.8) is 0 Å². The van der Waals surface area contributed by atoms with E-state index in [1.165, 1.54) is 33.8 Å². The van der Waals surface area contributed by atoms with E-state index in [0.717, 1.165) is 18.9 Å². The van der Waals surface area contributed by atoms with E-state index in [0.29, 0.717) is 6.54 Å². The van der Waals surface area contributed by atoms with Crippen LogP contribution >= 0.6 is 0 Å². The van der Waals surface area contributed by atoms with E-state index in [2.05, 4.69) is 10.4 Å². The fourth-order valence-corrected chi connectivity index (χ4v) is 3.13. The molecule has 1 aromatic carbocycles. The fraction of sp³-hybridized carbons (Fsp3) is 0.389. The molecule has 0 atom stereocenters. The van der Waals surface area contributed by atoms with Crippen LogP contribution in [0.15, 0.2) is 30.3 Å². The quantitative estimate of drug-likeness (QED) is 0.889. The fourth-order valence-electron chi connectivity index (χ4n) is 3.13. The number of hydrogen-bond acceptors (Lipinski definition) is 3. The monoisotopic (exact) mass is 378 g/mol. The molecule has 6 nitrogen and oxygen atoms in total. The smallest absolute Gasteiger partial charge is 0.348 e. The number of nitrogens with one attached hydrogen (secondary N) is 1. The second-order valence-corrected chi connectivity index (χ2v) is 6.77. The van der Waals surface area contributed by atoms with Crippen molar-refractivity contribution in [3.05, 3.63) is 52.8 Å². The maximum Gasteiger partial charge on any atom is 0.416 e. The molecular weight excluding hydrogens is 361 g/mol. The van der Waals surface area contributed by atoms with Crippen LogP contribution in [0.4, 0.5) is 13.2 Å². The minimum atomic E-state index is -4.48. The van der Waals surface area contributed by atoms with Crippen LogP contribution < -0.4 is 5.32 Å². The van der Waals surface area contributed by atoms with Crippen molar-refractivity contribution in [2.24, 2.45) is 0 Å². The van der Waals surface area contributed by atoms with Gasteiger partial charge in [-0.15, -0.1) is 0 Å². The van der Waals surface area contributed by atoms with Gasteiger partial charge in [-0.3, -0.25) is 14.3 Å². The molecule has 1 aliphatic heterocycles. The minimum absolute atomic E-state index is 0.0398.